The lowest BCUT2D eigenvalue weighted by Gasteiger charge is -2.14. The van der Waals surface area contributed by atoms with Crippen molar-refractivity contribution in [3.63, 3.8) is 0 Å². The molecular weight excluding hydrogens is 244 g/mol. The number of fused-ring (bicyclic) bond motifs is 1. The number of aryl methyl sites for hydroxylation is 1. The van der Waals surface area contributed by atoms with E-state index in [0.717, 1.165) is 35.6 Å². The standard InChI is InChI=1S/C12H18N6O/c1-13-11-9-5-14-17(2)12(9)16-10(15-11)7-18-4-3-8(19)6-18/h5,8,19H,3-4,6-7H2,1-2H3,(H,13,15,16). The van der Waals surface area contributed by atoms with Gasteiger partial charge in [0.25, 0.3) is 0 Å². The molecule has 1 saturated heterocycles. The molecule has 3 heterocycles. The van der Waals surface area contributed by atoms with Gasteiger partial charge < -0.3 is 10.4 Å². The van der Waals surface area contributed by atoms with E-state index in [0.29, 0.717) is 13.1 Å². The second kappa shape index (κ2) is 4.75. The molecular formula is C12H18N6O. The molecule has 0 radical (unpaired) electrons. The second-order valence-electron chi connectivity index (χ2n) is 4.92. The van der Waals surface area contributed by atoms with Crippen LogP contribution in [0.4, 0.5) is 5.82 Å². The topological polar surface area (TPSA) is 79.1 Å². The molecule has 2 aromatic rings. The summed E-state index contributed by atoms with van der Waals surface area (Å²) in [4.78, 5) is 11.2. The average Bonchev–Trinajstić information content (AvgIpc) is 2.96. The van der Waals surface area contributed by atoms with E-state index in [1.165, 1.54) is 0 Å². The largest absolute Gasteiger partial charge is 0.392 e. The summed E-state index contributed by atoms with van der Waals surface area (Å²) in [6.07, 6.45) is 2.38. The SMILES string of the molecule is CNc1nc(CN2CCC(O)C2)nc2c1cnn2C. The first-order chi connectivity index (χ1) is 9.17. The number of hydrogen-bond donors (Lipinski definition) is 2. The van der Waals surface area contributed by atoms with Gasteiger partial charge in [0, 0.05) is 27.2 Å². The van der Waals surface area contributed by atoms with E-state index in [9.17, 15) is 5.11 Å². The average molecular weight is 262 g/mol. The summed E-state index contributed by atoms with van der Waals surface area (Å²) >= 11 is 0. The van der Waals surface area contributed by atoms with Gasteiger partial charge in [-0.2, -0.15) is 5.10 Å². The predicted octanol–water partition coefficient (Wildman–Crippen LogP) is -0.0284. The first kappa shape index (κ1) is 12.3. The van der Waals surface area contributed by atoms with Crippen LogP contribution in [0, 0.1) is 0 Å². The van der Waals surface area contributed by atoms with Crippen molar-refractivity contribution in [1.29, 1.82) is 0 Å². The van der Waals surface area contributed by atoms with Crippen LogP contribution < -0.4 is 5.32 Å². The highest BCUT2D eigenvalue weighted by Gasteiger charge is 2.21. The summed E-state index contributed by atoms with van der Waals surface area (Å²) in [6, 6.07) is 0. The summed E-state index contributed by atoms with van der Waals surface area (Å²) in [5.74, 6) is 1.56. The maximum absolute atomic E-state index is 9.55. The van der Waals surface area contributed by atoms with Crippen molar-refractivity contribution in [2.45, 2.75) is 19.1 Å². The zero-order valence-corrected chi connectivity index (χ0v) is 11.2. The van der Waals surface area contributed by atoms with Gasteiger partial charge in [-0.25, -0.2) is 9.97 Å². The minimum Gasteiger partial charge on any atom is -0.392 e. The Morgan fingerprint density at radius 2 is 2.32 bits per heavy atom. The van der Waals surface area contributed by atoms with Crippen LogP contribution in [0.2, 0.25) is 0 Å². The lowest BCUT2D eigenvalue weighted by molar-refractivity contribution is 0.174. The fourth-order valence-corrected chi connectivity index (χ4v) is 2.48. The van der Waals surface area contributed by atoms with Crippen molar-refractivity contribution < 1.29 is 5.11 Å². The number of rotatable bonds is 3. The summed E-state index contributed by atoms with van der Waals surface area (Å²) in [5.41, 5.74) is 0.828. The Labute approximate surface area is 111 Å². The van der Waals surface area contributed by atoms with Gasteiger partial charge in [-0.1, -0.05) is 0 Å². The number of β-amino-alcohol motifs (C(OH)–C–C–N with tert-alkyl or cyclic N) is 1. The van der Waals surface area contributed by atoms with E-state index < -0.39 is 0 Å². The first-order valence-corrected chi connectivity index (χ1v) is 6.44. The lowest BCUT2D eigenvalue weighted by atomic mass is 10.3. The minimum absolute atomic E-state index is 0.218. The third-order valence-electron chi connectivity index (χ3n) is 3.49. The molecule has 1 aliphatic heterocycles. The number of nitrogens with zero attached hydrogens (tertiary/aromatic N) is 5. The highest BCUT2D eigenvalue weighted by Crippen LogP contribution is 2.20. The normalized spacial score (nSPS) is 20.3. The van der Waals surface area contributed by atoms with E-state index in [4.69, 9.17) is 0 Å². The highest BCUT2D eigenvalue weighted by atomic mass is 16.3. The Balaban J connectivity index is 1.92. The highest BCUT2D eigenvalue weighted by molar-refractivity contribution is 5.86. The molecule has 0 aromatic carbocycles. The number of likely N-dealkylation sites (tertiary alicyclic amines) is 1. The van der Waals surface area contributed by atoms with Crippen LogP contribution >= 0.6 is 0 Å². The molecule has 2 aromatic heterocycles. The molecule has 7 heteroatoms. The van der Waals surface area contributed by atoms with Gasteiger partial charge >= 0.3 is 0 Å². The molecule has 0 aliphatic carbocycles. The van der Waals surface area contributed by atoms with Crippen molar-refractivity contribution in [3.8, 4) is 0 Å². The number of anilines is 1. The van der Waals surface area contributed by atoms with Gasteiger partial charge in [0.15, 0.2) is 5.65 Å². The maximum atomic E-state index is 9.55. The van der Waals surface area contributed by atoms with Gasteiger partial charge in [0.2, 0.25) is 0 Å². The van der Waals surface area contributed by atoms with E-state index >= 15 is 0 Å². The quantitative estimate of drug-likeness (QED) is 0.809. The number of aromatic nitrogens is 4. The smallest absolute Gasteiger partial charge is 0.163 e. The van der Waals surface area contributed by atoms with Crippen molar-refractivity contribution >= 4 is 16.9 Å². The molecule has 0 spiro atoms. The van der Waals surface area contributed by atoms with Crippen LogP contribution in [0.5, 0.6) is 0 Å². The van der Waals surface area contributed by atoms with E-state index in [2.05, 4.69) is 25.3 Å². The number of aliphatic hydroxyl groups is 1. The van der Waals surface area contributed by atoms with Crippen LogP contribution in [0.3, 0.4) is 0 Å². The van der Waals surface area contributed by atoms with Crippen molar-refractivity contribution in [2.75, 3.05) is 25.5 Å². The Hall–Kier alpha value is -1.73. The molecule has 1 atom stereocenters. The zero-order valence-electron chi connectivity index (χ0n) is 11.2. The zero-order chi connectivity index (χ0) is 13.4. The molecule has 1 aliphatic rings. The summed E-state index contributed by atoms with van der Waals surface area (Å²) in [5, 5.41) is 17.8. The molecule has 0 amide bonds. The van der Waals surface area contributed by atoms with Gasteiger partial charge in [-0.05, 0) is 6.42 Å². The Bertz CT molecular complexity index is 595. The van der Waals surface area contributed by atoms with Gasteiger partial charge in [0.05, 0.1) is 24.2 Å². The van der Waals surface area contributed by atoms with Crippen LogP contribution in [-0.4, -0.2) is 56.0 Å². The third-order valence-corrected chi connectivity index (χ3v) is 3.49. The van der Waals surface area contributed by atoms with Gasteiger partial charge in [-0.15, -0.1) is 0 Å². The maximum Gasteiger partial charge on any atom is 0.163 e. The number of nitrogens with one attached hydrogen (secondary N) is 1. The number of hydrogen-bond acceptors (Lipinski definition) is 6. The van der Waals surface area contributed by atoms with E-state index in [1.54, 1.807) is 10.9 Å². The van der Waals surface area contributed by atoms with E-state index in [-0.39, 0.29) is 6.10 Å². The Morgan fingerprint density at radius 1 is 1.47 bits per heavy atom. The fraction of sp³-hybridized carbons (Fsp3) is 0.583. The minimum atomic E-state index is -0.218. The number of aliphatic hydroxyl groups excluding tert-OH is 1. The Kier molecular flexibility index (Phi) is 3.08. The van der Waals surface area contributed by atoms with Gasteiger partial charge in [-0.3, -0.25) is 9.58 Å². The van der Waals surface area contributed by atoms with Crippen molar-refractivity contribution in [3.05, 3.63) is 12.0 Å². The molecule has 1 fully saturated rings. The lowest BCUT2D eigenvalue weighted by Crippen LogP contribution is -2.23. The molecule has 0 bridgehead atoms. The van der Waals surface area contributed by atoms with Crippen molar-refractivity contribution in [2.24, 2.45) is 7.05 Å². The summed E-state index contributed by atoms with van der Waals surface area (Å²) in [7, 11) is 3.72. The third kappa shape index (κ3) is 2.26. The molecule has 0 saturated carbocycles. The monoisotopic (exact) mass is 262 g/mol. The molecule has 102 valence electrons. The van der Waals surface area contributed by atoms with Crippen molar-refractivity contribution in [1.82, 2.24) is 24.6 Å². The summed E-state index contributed by atoms with van der Waals surface area (Å²) in [6.45, 7) is 2.25. The van der Waals surface area contributed by atoms with Crippen LogP contribution in [0.1, 0.15) is 12.2 Å². The fourth-order valence-electron chi connectivity index (χ4n) is 2.48. The van der Waals surface area contributed by atoms with Crippen LogP contribution in [0.25, 0.3) is 11.0 Å². The summed E-state index contributed by atoms with van der Waals surface area (Å²) < 4.78 is 1.75. The molecule has 1 unspecified atom stereocenters. The molecule has 2 N–H and O–H groups in total. The second-order valence-corrected chi connectivity index (χ2v) is 4.92. The molecule has 19 heavy (non-hydrogen) atoms. The van der Waals surface area contributed by atoms with E-state index in [1.807, 2.05) is 14.1 Å². The first-order valence-electron chi connectivity index (χ1n) is 6.44. The predicted molar refractivity (Wildman–Crippen MR) is 71.8 cm³/mol. The van der Waals surface area contributed by atoms with Gasteiger partial charge in [0.1, 0.15) is 11.6 Å². The molecule has 7 nitrogen and oxygen atoms in total. The van der Waals surface area contributed by atoms with Crippen LogP contribution in [0.15, 0.2) is 6.20 Å². The molecule has 3 rings (SSSR count). The Morgan fingerprint density at radius 3 is 3.00 bits per heavy atom. The van der Waals surface area contributed by atoms with Crippen LogP contribution in [-0.2, 0) is 13.6 Å².